The third-order valence-electron chi connectivity index (χ3n) is 4.68. The van der Waals surface area contributed by atoms with E-state index < -0.39 is 0 Å². The first-order valence-corrected chi connectivity index (χ1v) is 9.61. The van der Waals surface area contributed by atoms with Gasteiger partial charge in [-0.1, -0.05) is 36.4 Å². The predicted molar refractivity (Wildman–Crippen MR) is 115 cm³/mol. The Kier molecular flexibility index (Phi) is 5.44. The molecule has 1 N–H and O–H groups in total. The van der Waals surface area contributed by atoms with Gasteiger partial charge in [0.2, 0.25) is 5.91 Å². The van der Waals surface area contributed by atoms with E-state index in [1.165, 1.54) is 0 Å². The number of rotatable bonds is 6. The van der Waals surface area contributed by atoms with Crippen molar-refractivity contribution in [3.05, 3.63) is 90.3 Å². The van der Waals surface area contributed by atoms with Gasteiger partial charge in [0.1, 0.15) is 12.3 Å². The maximum absolute atomic E-state index is 12.8. The van der Waals surface area contributed by atoms with Crippen LogP contribution in [0.5, 0.6) is 5.75 Å². The predicted octanol–water partition coefficient (Wildman–Crippen LogP) is 4.69. The lowest BCUT2D eigenvalue weighted by Gasteiger charge is -2.16. The van der Waals surface area contributed by atoms with E-state index in [9.17, 15) is 4.79 Å². The summed E-state index contributed by atoms with van der Waals surface area (Å²) in [5.74, 6) is 1.20. The molecule has 4 rings (SSSR count). The fraction of sp³-hybridized carbons (Fsp3) is 0.125. The molecular weight excluding hydrogens is 376 g/mol. The Balaban J connectivity index is 1.61. The molecule has 1 heterocycles. The first-order valence-electron chi connectivity index (χ1n) is 9.61. The number of fused-ring (bicyclic) bond motifs is 1. The van der Waals surface area contributed by atoms with Crippen molar-refractivity contribution < 1.29 is 9.53 Å². The highest BCUT2D eigenvalue weighted by Crippen LogP contribution is 2.25. The Morgan fingerprint density at radius 1 is 1.10 bits per heavy atom. The number of nitrogens with one attached hydrogen (secondary N) is 1. The molecule has 4 aromatic rings. The van der Waals surface area contributed by atoms with Gasteiger partial charge in [-0.2, -0.15) is 5.26 Å². The number of hydrogen-bond donors (Lipinski definition) is 1. The van der Waals surface area contributed by atoms with Gasteiger partial charge in [-0.05, 0) is 49.4 Å². The van der Waals surface area contributed by atoms with Crippen molar-refractivity contribution in [1.29, 1.82) is 5.26 Å². The van der Waals surface area contributed by atoms with Gasteiger partial charge in [0.15, 0.2) is 11.9 Å². The number of nitriles is 1. The maximum Gasteiger partial charge on any atom is 0.244 e. The van der Waals surface area contributed by atoms with Gasteiger partial charge in [0.25, 0.3) is 0 Å². The van der Waals surface area contributed by atoms with Gasteiger partial charge >= 0.3 is 0 Å². The van der Waals surface area contributed by atoms with Crippen LogP contribution in [-0.4, -0.2) is 15.5 Å². The van der Waals surface area contributed by atoms with Crippen molar-refractivity contribution in [2.75, 3.05) is 5.32 Å². The van der Waals surface area contributed by atoms with Crippen LogP contribution in [0.15, 0.2) is 78.9 Å². The summed E-state index contributed by atoms with van der Waals surface area (Å²) in [4.78, 5) is 17.5. The van der Waals surface area contributed by atoms with Crippen LogP contribution in [-0.2, 0) is 11.3 Å². The van der Waals surface area contributed by atoms with Crippen LogP contribution in [0, 0.1) is 11.3 Å². The second-order valence-corrected chi connectivity index (χ2v) is 6.86. The summed E-state index contributed by atoms with van der Waals surface area (Å²) >= 11 is 0. The molecule has 0 aliphatic rings. The highest BCUT2D eigenvalue weighted by molar-refractivity contribution is 5.92. The van der Waals surface area contributed by atoms with Gasteiger partial charge in [0.05, 0.1) is 22.7 Å². The van der Waals surface area contributed by atoms with Gasteiger partial charge < -0.3 is 14.6 Å². The number of para-hydroxylation sites is 3. The lowest BCUT2D eigenvalue weighted by atomic mass is 10.2. The zero-order valence-corrected chi connectivity index (χ0v) is 16.4. The van der Waals surface area contributed by atoms with Crippen LogP contribution in [0.4, 0.5) is 5.69 Å². The molecule has 0 bridgehead atoms. The minimum absolute atomic E-state index is 0.0785. The van der Waals surface area contributed by atoms with E-state index in [1.54, 1.807) is 24.3 Å². The van der Waals surface area contributed by atoms with E-state index in [0.717, 1.165) is 16.8 Å². The molecule has 0 radical (unpaired) electrons. The van der Waals surface area contributed by atoms with Crippen LogP contribution in [0.25, 0.3) is 11.0 Å². The molecule has 6 nitrogen and oxygen atoms in total. The molecule has 3 aromatic carbocycles. The van der Waals surface area contributed by atoms with Crippen molar-refractivity contribution in [3.63, 3.8) is 0 Å². The highest BCUT2D eigenvalue weighted by Gasteiger charge is 2.20. The fourth-order valence-electron chi connectivity index (χ4n) is 3.34. The summed E-state index contributed by atoms with van der Waals surface area (Å²) in [5, 5.41) is 11.9. The summed E-state index contributed by atoms with van der Waals surface area (Å²) in [5.41, 5.74) is 2.73. The number of amides is 1. The van der Waals surface area contributed by atoms with E-state index in [0.29, 0.717) is 17.1 Å². The first kappa shape index (κ1) is 19.2. The number of nitrogens with zero attached hydrogens (tertiary/aromatic N) is 3. The van der Waals surface area contributed by atoms with Crippen LogP contribution in [0.1, 0.15) is 24.4 Å². The summed E-state index contributed by atoms with van der Waals surface area (Å²) in [6.07, 6.45) is -0.352. The normalized spacial score (nSPS) is 11.6. The van der Waals surface area contributed by atoms with Crippen molar-refractivity contribution in [1.82, 2.24) is 9.55 Å². The van der Waals surface area contributed by atoms with E-state index >= 15 is 0 Å². The topological polar surface area (TPSA) is 79.9 Å². The number of hydrogen-bond acceptors (Lipinski definition) is 4. The monoisotopic (exact) mass is 396 g/mol. The summed E-state index contributed by atoms with van der Waals surface area (Å²) in [6.45, 7) is 1.99. The molecule has 6 heteroatoms. The SMILES string of the molecule is C[C@H](Oc1ccccc1)c1nc2ccccc2n1CC(=O)Nc1cccc(C#N)c1. The van der Waals surface area contributed by atoms with Gasteiger partial charge in [-0.3, -0.25) is 4.79 Å². The van der Waals surface area contributed by atoms with Crippen molar-refractivity contribution in [3.8, 4) is 11.8 Å². The number of imidazole rings is 1. The molecule has 0 spiro atoms. The van der Waals surface area contributed by atoms with Crippen molar-refractivity contribution in [2.45, 2.75) is 19.6 Å². The number of ether oxygens (including phenoxy) is 1. The fourth-order valence-corrected chi connectivity index (χ4v) is 3.34. The number of carbonyl (C=O) groups excluding carboxylic acids is 1. The molecule has 148 valence electrons. The van der Waals surface area contributed by atoms with E-state index in [-0.39, 0.29) is 18.6 Å². The molecule has 1 amide bonds. The minimum Gasteiger partial charge on any atom is -0.483 e. The lowest BCUT2D eigenvalue weighted by Crippen LogP contribution is -2.22. The molecule has 0 unspecified atom stereocenters. The highest BCUT2D eigenvalue weighted by atomic mass is 16.5. The molecular formula is C24H20N4O2. The van der Waals surface area contributed by atoms with Gasteiger partial charge in [0, 0.05) is 5.69 Å². The Bertz CT molecular complexity index is 1220. The Morgan fingerprint density at radius 3 is 2.67 bits per heavy atom. The number of anilines is 1. The summed E-state index contributed by atoms with van der Waals surface area (Å²) in [6, 6.07) is 26.1. The largest absolute Gasteiger partial charge is 0.483 e. The number of carbonyl (C=O) groups is 1. The standard InChI is InChI=1S/C24H20N4O2/c1-17(30-20-10-3-2-4-11-20)24-27-21-12-5-6-13-22(21)28(24)16-23(29)26-19-9-7-8-18(14-19)15-25/h2-14,17H,16H2,1H3,(H,26,29)/t17-/m0/s1. The zero-order chi connectivity index (χ0) is 20.9. The van der Waals surface area contributed by atoms with E-state index in [4.69, 9.17) is 15.0 Å². The summed E-state index contributed by atoms with van der Waals surface area (Å²) in [7, 11) is 0. The minimum atomic E-state index is -0.352. The lowest BCUT2D eigenvalue weighted by molar-refractivity contribution is -0.116. The van der Waals surface area contributed by atoms with Crippen molar-refractivity contribution in [2.24, 2.45) is 0 Å². The molecule has 0 saturated carbocycles. The Morgan fingerprint density at radius 2 is 1.87 bits per heavy atom. The molecule has 0 fully saturated rings. The Labute approximate surface area is 174 Å². The Hall–Kier alpha value is -4.11. The first-order chi connectivity index (χ1) is 14.6. The quantitative estimate of drug-likeness (QED) is 0.513. The molecule has 0 aliphatic carbocycles. The molecule has 1 aromatic heterocycles. The molecule has 0 aliphatic heterocycles. The third-order valence-corrected chi connectivity index (χ3v) is 4.68. The van der Waals surface area contributed by atoms with Crippen LogP contribution in [0.2, 0.25) is 0 Å². The average Bonchev–Trinajstić information content (AvgIpc) is 3.13. The average molecular weight is 396 g/mol. The maximum atomic E-state index is 12.8. The van der Waals surface area contributed by atoms with Crippen LogP contribution >= 0.6 is 0 Å². The van der Waals surface area contributed by atoms with Crippen molar-refractivity contribution >= 4 is 22.6 Å². The molecule has 1 atom stereocenters. The van der Waals surface area contributed by atoms with Gasteiger partial charge in [-0.15, -0.1) is 0 Å². The van der Waals surface area contributed by atoms with E-state index in [1.807, 2.05) is 66.1 Å². The molecule has 0 saturated heterocycles. The van der Waals surface area contributed by atoms with Crippen LogP contribution < -0.4 is 10.1 Å². The van der Waals surface area contributed by atoms with Crippen LogP contribution in [0.3, 0.4) is 0 Å². The van der Waals surface area contributed by atoms with Gasteiger partial charge in [-0.25, -0.2) is 4.98 Å². The zero-order valence-electron chi connectivity index (χ0n) is 16.4. The smallest absolute Gasteiger partial charge is 0.244 e. The second kappa shape index (κ2) is 8.50. The second-order valence-electron chi connectivity index (χ2n) is 6.86. The third kappa shape index (κ3) is 4.15. The molecule has 30 heavy (non-hydrogen) atoms. The summed E-state index contributed by atoms with van der Waals surface area (Å²) < 4.78 is 7.92. The van der Waals surface area contributed by atoms with E-state index in [2.05, 4.69) is 11.4 Å². The number of benzene rings is 3. The number of aromatic nitrogens is 2.